The van der Waals surface area contributed by atoms with Crippen molar-refractivity contribution in [2.45, 2.75) is 6.92 Å². The maximum Gasteiger partial charge on any atom is 0.253 e. The van der Waals surface area contributed by atoms with E-state index in [0.717, 1.165) is 16.7 Å². The van der Waals surface area contributed by atoms with Crippen molar-refractivity contribution in [3.8, 4) is 11.1 Å². The SMILES string of the molecule is CNC(=O)c1cnccc1-c1ccccc1C. The van der Waals surface area contributed by atoms with Crippen LogP contribution in [-0.2, 0) is 0 Å². The van der Waals surface area contributed by atoms with E-state index in [4.69, 9.17) is 0 Å². The first-order valence-corrected chi connectivity index (χ1v) is 5.46. The summed E-state index contributed by atoms with van der Waals surface area (Å²) in [6.07, 6.45) is 3.30. The van der Waals surface area contributed by atoms with Crippen LogP contribution in [0.3, 0.4) is 0 Å². The van der Waals surface area contributed by atoms with Crippen LogP contribution in [0.5, 0.6) is 0 Å². The van der Waals surface area contributed by atoms with Gasteiger partial charge in [0.05, 0.1) is 5.56 Å². The molecule has 2 aromatic rings. The largest absolute Gasteiger partial charge is 0.355 e. The van der Waals surface area contributed by atoms with Gasteiger partial charge < -0.3 is 5.32 Å². The van der Waals surface area contributed by atoms with E-state index in [-0.39, 0.29) is 5.91 Å². The van der Waals surface area contributed by atoms with Crippen molar-refractivity contribution in [1.82, 2.24) is 10.3 Å². The van der Waals surface area contributed by atoms with Crippen molar-refractivity contribution in [2.75, 3.05) is 7.05 Å². The fraction of sp³-hybridized carbons (Fsp3) is 0.143. The number of nitrogens with one attached hydrogen (secondary N) is 1. The Morgan fingerprint density at radius 1 is 1.18 bits per heavy atom. The van der Waals surface area contributed by atoms with E-state index in [9.17, 15) is 4.79 Å². The van der Waals surface area contributed by atoms with Gasteiger partial charge in [0.2, 0.25) is 0 Å². The molecule has 0 fully saturated rings. The maximum atomic E-state index is 11.8. The molecule has 1 aromatic heterocycles. The van der Waals surface area contributed by atoms with Crippen molar-refractivity contribution < 1.29 is 4.79 Å². The van der Waals surface area contributed by atoms with Crippen molar-refractivity contribution in [1.29, 1.82) is 0 Å². The van der Waals surface area contributed by atoms with Gasteiger partial charge in [-0.25, -0.2) is 0 Å². The molecule has 2 rings (SSSR count). The Hall–Kier alpha value is -2.16. The molecule has 0 spiro atoms. The van der Waals surface area contributed by atoms with E-state index in [2.05, 4.69) is 10.3 Å². The third-order valence-electron chi connectivity index (χ3n) is 2.73. The molecule has 0 saturated carbocycles. The minimum atomic E-state index is -0.114. The molecule has 1 amide bonds. The molecule has 0 atom stereocenters. The van der Waals surface area contributed by atoms with Crippen LogP contribution in [0.2, 0.25) is 0 Å². The van der Waals surface area contributed by atoms with Crippen LogP contribution in [0, 0.1) is 6.92 Å². The number of carbonyl (C=O) groups excluding carboxylic acids is 1. The number of benzene rings is 1. The third kappa shape index (κ3) is 2.18. The van der Waals surface area contributed by atoms with Crippen molar-refractivity contribution in [3.05, 3.63) is 53.9 Å². The molecule has 3 heteroatoms. The molecule has 1 heterocycles. The van der Waals surface area contributed by atoms with Gasteiger partial charge in [0, 0.05) is 19.4 Å². The standard InChI is InChI=1S/C14H14N2O/c1-10-5-3-4-6-11(10)12-7-8-16-9-13(12)14(17)15-2/h3-9H,1-2H3,(H,15,17). The average molecular weight is 226 g/mol. The predicted octanol–water partition coefficient (Wildman–Crippen LogP) is 2.42. The summed E-state index contributed by atoms with van der Waals surface area (Å²) in [6, 6.07) is 9.86. The van der Waals surface area contributed by atoms with Gasteiger partial charge in [-0.1, -0.05) is 24.3 Å². The number of hydrogen-bond donors (Lipinski definition) is 1. The van der Waals surface area contributed by atoms with Gasteiger partial charge in [0.1, 0.15) is 0 Å². The predicted molar refractivity (Wildman–Crippen MR) is 67.8 cm³/mol. The van der Waals surface area contributed by atoms with Crippen molar-refractivity contribution in [2.24, 2.45) is 0 Å². The van der Waals surface area contributed by atoms with Crippen LogP contribution < -0.4 is 5.32 Å². The first kappa shape index (κ1) is 11.3. The zero-order valence-corrected chi connectivity index (χ0v) is 9.90. The second-order valence-corrected chi connectivity index (χ2v) is 3.82. The second kappa shape index (κ2) is 4.78. The molecule has 1 aromatic carbocycles. The summed E-state index contributed by atoms with van der Waals surface area (Å²) in [5, 5.41) is 2.63. The number of aromatic nitrogens is 1. The maximum absolute atomic E-state index is 11.8. The summed E-state index contributed by atoms with van der Waals surface area (Å²) in [7, 11) is 1.62. The monoisotopic (exact) mass is 226 g/mol. The van der Waals surface area contributed by atoms with Crippen LogP contribution in [0.15, 0.2) is 42.7 Å². The summed E-state index contributed by atoms with van der Waals surface area (Å²) in [5.41, 5.74) is 3.72. The molecule has 17 heavy (non-hydrogen) atoms. The van der Waals surface area contributed by atoms with E-state index in [1.807, 2.05) is 37.3 Å². The lowest BCUT2D eigenvalue weighted by Gasteiger charge is -2.10. The molecule has 0 bridgehead atoms. The van der Waals surface area contributed by atoms with Gasteiger partial charge in [0.25, 0.3) is 5.91 Å². The highest BCUT2D eigenvalue weighted by Gasteiger charge is 2.12. The fourth-order valence-corrected chi connectivity index (χ4v) is 1.82. The molecule has 0 aliphatic carbocycles. The molecule has 0 unspecified atom stereocenters. The normalized spacial score (nSPS) is 10.0. The van der Waals surface area contributed by atoms with E-state index < -0.39 is 0 Å². The van der Waals surface area contributed by atoms with Gasteiger partial charge in [-0.2, -0.15) is 0 Å². The molecular weight excluding hydrogens is 212 g/mol. The van der Waals surface area contributed by atoms with E-state index in [0.29, 0.717) is 5.56 Å². The zero-order chi connectivity index (χ0) is 12.3. The lowest BCUT2D eigenvalue weighted by Crippen LogP contribution is -2.19. The lowest BCUT2D eigenvalue weighted by molar-refractivity contribution is 0.0963. The second-order valence-electron chi connectivity index (χ2n) is 3.82. The lowest BCUT2D eigenvalue weighted by atomic mass is 9.97. The van der Waals surface area contributed by atoms with E-state index in [1.54, 1.807) is 19.4 Å². The Labute approximate surface area is 101 Å². The van der Waals surface area contributed by atoms with Crippen LogP contribution in [-0.4, -0.2) is 17.9 Å². The first-order chi connectivity index (χ1) is 8.24. The fourth-order valence-electron chi connectivity index (χ4n) is 1.82. The van der Waals surface area contributed by atoms with Gasteiger partial charge in [0.15, 0.2) is 0 Å². The highest BCUT2D eigenvalue weighted by molar-refractivity contribution is 6.00. The van der Waals surface area contributed by atoms with Gasteiger partial charge in [-0.15, -0.1) is 0 Å². The highest BCUT2D eigenvalue weighted by Crippen LogP contribution is 2.25. The number of pyridine rings is 1. The van der Waals surface area contributed by atoms with Crippen LogP contribution >= 0.6 is 0 Å². The summed E-state index contributed by atoms with van der Waals surface area (Å²) < 4.78 is 0. The Balaban J connectivity index is 2.60. The van der Waals surface area contributed by atoms with Gasteiger partial charge in [-0.3, -0.25) is 9.78 Å². The minimum Gasteiger partial charge on any atom is -0.355 e. The van der Waals surface area contributed by atoms with Crippen LogP contribution in [0.25, 0.3) is 11.1 Å². The molecule has 3 nitrogen and oxygen atoms in total. The number of carbonyl (C=O) groups is 1. The number of hydrogen-bond acceptors (Lipinski definition) is 2. The molecule has 0 aliphatic heterocycles. The molecule has 0 aliphatic rings. The minimum absolute atomic E-state index is 0.114. The Morgan fingerprint density at radius 3 is 2.65 bits per heavy atom. The van der Waals surface area contributed by atoms with E-state index in [1.165, 1.54) is 0 Å². The molecule has 86 valence electrons. The Bertz CT molecular complexity index is 549. The Morgan fingerprint density at radius 2 is 1.94 bits per heavy atom. The summed E-state index contributed by atoms with van der Waals surface area (Å²) in [6.45, 7) is 2.03. The quantitative estimate of drug-likeness (QED) is 0.854. The summed E-state index contributed by atoms with van der Waals surface area (Å²) in [4.78, 5) is 15.8. The number of rotatable bonds is 2. The van der Waals surface area contributed by atoms with E-state index >= 15 is 0 Å². The summed E-state index contributed by atoms with van der Waals surface area (Å²) >= 11 is 0. The van der Waals surface area contributed by atoms with Gasteiger partial charge in [-0.05, 0) is 29.7 Å². The van der Waals surface area contributed by atoms with Crippen LogP contribution in [0.1, 0.15) is 15.9 Å². The number of aryl methyl sites for hydroxylation is 1. The average Bonchev–Trinajstić information content (AvgIpc) is 2.38. The van der Waals surface area contributed by atoms with Gasteiger partial charge >= 0.3 is 0 Å². The first-order valence-electron chi connectivity index (χ1n) is 5.46. The Kier molecular flexibility index (Phi) is 3.19. The topological polar surface area (TPSA) is 42.0 Å². The third-order valence-corrected chi connectivity index (χ3v) is 2.73. The molecular formula is C14H14N2O. The zero-order valence-electron chi connectivity index (χ0n) is 9.90. The van der Waals surface area contributed by atoms with Crippen molar-refractivity contribution >= 4 is 5.91 Å². The molecule has 0 saturated heterocycles. The highest BCUT2D eigenvalue weighted by atomic mass is 16.1. The number of amides is 1. The van der Waals surface area contributed by atoms with Crippen LogP contribution in [0.4, 0.5) is 0 Å². The smallest absolute Gasteiger partial charge is 0.253 e. The number of nitrogens with zero attached hydrogens (tertiary/aromatic N) is 1. The molecule has 0 radical (unpaired) electrons. The molecule has 1 N–H and O–H groups in total. The summed E-state index contributed by atoms with van der Waals surface area (Å²) in [5.74, 6) is -0.114. The van der Waals surface area contributed by atoms with Crippen molar-refractivity contribution in [3.63, 3.8) is 0 Å².